The van der Waals surface area contributed by atoms with Gasteiger partial charge in [-0.1, -0.05) is 47.5 Å². The van der Waals surface area contributed by atoms with Crippen molar-refractivity contribution in [2.45, 2.75) is 31.0 Å². The highest BCUT2D eigenvalue weighted by molar-refractivity contribution is 6.31. The smallest absolute Gasteiger partial charge is 0.416 e. The summed E-state index contributed by atoms with van der Waals surface area (Å²) in [7, 11) is 0. The van der Waals surface area contributed by atoms with Gasteiger partial charge in [0, 0.05) is 34.6 Å². The van der Waals surface area contributed by atoms with Crippen LogP contribution >= 0.6 is 23.2 Å². The van der Waals surface area contributed by atoms with E-state index in [9.17, 15) is 9.90 Å². The summed E-state index contributed by atoms with van der Waals surface area (Å²) in [5.74, 6) is 1.27. The predicted octanol–water partition coefficient (Wildman–Crippen LogP) is 4.76. The van der Waals surface area contributed by atoms with Crippen molar-refractivity contribution in [3.8, 4) is 11.5 Å². The van der Waals surface area contributed by atoms with Gasteiger partial charge in [-0.25, -0.2) is 10.2 Å². The summed E-state index contributed by atoms with van der Waals surface area (Å²) in [4.78, 5) is 19.3. The number of aliphatic hydroxyl groups excluding tert-OH is 1. The Balaban J connectivity index is 1.19. The summed E-state index contributed by atoms with van der Waals surface area (Å²) >= 11 is 12.4. The summed E-state index contributed by atoms with van der Waals surface area (Å²) in [6, 6.07) is 14.2. The molecule has 3 aliphatic heterocycles. The monoisotopic (exact) mass is 595 g/mol. The molecule has 0 bridgehead atoms. The molecule has 6 rings (SSSR count). The Kier molecular flexibility index (Phi) is 8.20. The average molecular weight is 597 g/mol. The van der Waals surface area contributed by atoms with Crippen molar-refractivity contribution in [3.05, 3.63) is 93.6 Å². The molecule has 0 fully saturated rings. The first-order valence-electron chi connectivity index (χ1n) is 13.6. The second kappa shape index (κ2) is 12.2. The number of hydrogen-bond donors (Lipinski definition) is 3. The molecule has 214 valence electrons. The molecular weight excluding hydrogens is 565 g/mol. The van der Waals surface area contributed by atoms with Gasteiger partial charge in [0.15, 0.2) is 0 Å². The molecule has 4 aliphatic rings. The third-order valence-electron chi connectivity index (χ3n) is 7.63. The Morgan fingerprint density at radius 1 is 1.12 bits per heavy atom. The standard InChI is InChI=1S/C30H31Cl2N5O4/c31-20-3-8-24(9-4-20)41-30(39)37-13-11-25-26-15-21(32)5-10-27(26)35-28(25)29(37)19-1-6-23(7-2-19)40-14-12-22(38)16-36-18-33-17-34-36/h1-10,15,18,22,26-27,29,34-35,38H,11-14,16-17H2/t22?,26?,27?,29-/m0/s1. The first kappa shape index (κ1) is 27.7. The third kappa shape index (κ3) is 6.23. The molecule has 1 amide bonds. The minimum atomic E-state index is -0.548. The normalized spacial score (nSPS) is 23.6. The fourth-order valence-electron chi connectivity index (χ4n) is 5.64. The number of allylic oxidation sites excluding steroid dienone is 2. The number of rotatable bonds is 8. The SMILES string of the molecule is O=C(Oc1ccc(Cl)cc1)N1CCC2=C(NC3C=CC(Cl)=CC23)[C@@H]1c1ccc(OCCC(O)CN2C=NCN2)cc1. The summed E-state index contributed by atoms with van der Waals surface area (Å²) in [6.45, 7) is 1.84. The first-order chi connectivity index (χ1) is 19.9. The predicted molar refractivity (Wildman–Crippen MR) is 158 cm³/mol. The van der Waals surface area contributed by atoms with Crippen LogP contribution in [0.3, 0.4) is 0 Å². The largest absolute Gasteiger partial charge is 0.493 e. The zero-order valence-electron chi connectivity index (χ0n) is 22.2. The summed E-state index contributed by atoms with van der Waals surface area (Å²) in [5, 5.41) is 17.0. The van der Waals surface area contributed by atoms with Crippen molar-refractivity contribution in [1.82, 2.24) is 20.7 Å². The molecule has 0 spiro atoms. The Labute approximate surface area is 248 Å². The van der Waals surface area contributed by atoms with Gasteiger partial charge in [-0.15, -0.1) is 0 Å². The number of carbonyl (C=O) groups excluding carboxylic acids is 1. The van der Waals surface area contributed by atoms with E-state index in [0.29, 0.717) is 55.7 Å². The third-order valence-corrected chi connectivity index (χ3v) is 8.13. The van der Waals surface area contributed by atoms with E-state index >= 15 is 0 Å². The number of nitrogens with zero attached hydrogens (tertiary/aromatic N) is 3. The number of ether oxygens (including phenoxy) is 2. The number of benzene rings is 2. The topological polar surface area (TPSA) is 98.7 Å². The van der Waals surface area contributed by atoms with Gasteiger partial charge in [-0.2, -0.15) is 0 Å². The van der Waals surface area contributed by atoms with Crippen molar-refractivity contribution < 1.29 is 19.4 Å². The van der Waals surface area contributed by atoms with Crippen molar-refractivity contribution in [2.24, 2.45) is 10.9 Å². The lowest BCUT2D eigenvalue weighted by atomic mass is 9.85. The zero-order valence-corrected chi connectivity index (χ0v) is 23.8. The van der Waals surface area contributed by atoms with Crippen LogP contribution in [0, 0.1) is 5.92 Å². The highest BCUT2D eigenvalue weighted by Gasteiger charge is 2.43. The Morgan fingerprint density at radius 3 is 2.66 bits per heavy atom. The molecule has 11 heteroatoms. The molecule has 0 radical (unpaired) electrons. The van der Waals surface area contributed by atoms with E-state index in [0.717, 1.165) is 16.3 Å². The molecule has 0 saturated heterocycles. The lowest BCUT2D eigenvalue weighted by Gasteiger charge is -2.37. The number of hydrogen-bond acceptors (Lipinski definition) is 8. The van der Waals surface area contributed by atoms with Crippen LogP contribution in [0.15, 0.2) is 88.1 Å². The molecule has 3 N–H and O–H groups in total. The molecule has 41 heavy (non-hydrogen) atoms. The summed E-state index contributed by atoms with van der Waals surface area (Å²) < 4.78 is 11.7. The van der Waals surface area contributed by atoms with Crippen LogP contribution in [0.5, 0.6) is 11.5 Å². The van der Waals surface area contributed by atoms with Crippen LogP contribution in [0.4, 0.5) is 4.79 Å². The minimum absolute atomic E-state index is 0.0910. The van der Waals surface area contributed by atoms with Gasteiger partial charge in [0.05, 0.1) is 25.3 Å². The number of nitrogens with one attached hydrogen (secondary N) is 2. The highest BCUT2D eigenvalue weighted by atomic mass is 35.5. The molecule has 9 nitrogen and oxygen atoms in total. The van der Waals surface area contributed by atoms with Crippen LogP contribution in [-0.2, 0) is 0 Å². The van der Waals surface area contributed by atoms with Gasteiger partial charge in [-0.05, 0) is 60.0 Å². The van der Waals surface area contributed by atoms with Crippen LogP contribution in [0.2, 0.25) is 5.02 Å². The average Bonchev–Trinajstić information content (AvgIpc) is 3.61. The van der Waals surface area contributed by atoms with Crippen molar-refractivity contribution in [1.29, 1.82) is 0 Å². The Hall–Kier alpha value is -3.50. The van der Waals surface area contributed by atoms with Gasteiger partial charge < -0.3 is 19.9 Å². The van der Waals surface area contributed by atoms with Gasteiger partial charge in [-0.3, -0.25) is 14.9 Å². The fraction of sp³-hybridized carbons (Fsp3) is 0.333. The van der Waals surface area contributed by atoms with Gasteiger partial charge >= 0.3 is 6.09 Å². The highest BCUT2D eigenvalue weighted by Crippen LogP contribution is 2.45. The fourth-order valence-corrected chi connectivity index (χ4v) is 5.98. The van der Waals surface area contributed by atoms with Gasteiger partial charge in [0.2, 0.25) is 0 Å². The van der Waals surface area contributed by atoms with Crippen molar-refractivity contribution in [3.63, 3.8) is 0 Å². The van der Waals surface area contributed by atoms with Gasteiger partial charge in [0.1, 0.15) is 30.5 Å². The maximum absolute atomic E-state index is 13.5. The summed E-state index contributed by atoms with van der Waals surface area (Å²) in [6.07, 6.45) is 7.96. The molecule has 3 heterocycles. The van der Waals surface area contributed by atoms with E-state index in [4.69, 9.17) is 32.7 Å². The van der Waals surface area contributed by atoms with Gasteiger partial charge in [0.25, 0.3) is 0 Å². The zero-order chi connectivity index (χ0) is 28.3. The second-order valence-electron chi connectivity index (χ2n) is 10.3. The van der Waals surface area contributed by atoms with Crippen LogP contribution in [0.1, 0.15) is 24.4 Å². The number of aliphatic imine (C=N–C) groups is 1. The molecule has 3 unspecified atom stereocenters. The Bertz CT molecular complexity index is 1390. The number of fused-ring (bicyclic) bond motifs is 2. The van der Waals surface area contributed by atoms with Crippen LogP contribution in [-0.4, -0.2) is 66.0 Å². The number of halogens is 2. The second-order valence-corrected chi connectivity index (χ2v) is 11.2. The van der Waals surface area contributed by atoms with E-state index in [-0.39, 0.29) is 18.0 Å². The maximum Gasteiger partial charge on any atom is 0.416 e. The van der Waals surface area contributed by atoms with Crippen LogP contribution in [0.25, 0.3) is 0 Å². The van der Waals surface area contributed by atoms with E-state index in [1.54, 1.807) is 40.5 Å². The molecular formula is C30H31Cl2N5O4. The van der Waals surface area contributed by atoms with Crippen molar-refractivity contribution >= 4 is 35.6 Å². The molecule has 2 aromatic rings. The quantitative estimate of drug-likeness (QED) is 0.405. The molecule has 0 saturated carbocycles. The van der Waals surface area contributed by atoms with Crippen LogP contribution < -0.4 is 20.2 Å². The van der Waals surface area contributed by atoms with E-state index in [1.807, 2.05) is 30.3 Å². The molecule has 2 aromatic carbocycles. The van der Waals surface area contributed by atoms with Crippen molar-refractivity contribution in [2.75, 3.05) is 26.4 Å². The van der Waals surface area contributed by atoms with E-state index in [2.05, 4.69) is 27.9 Å². The number of aliphatic hydroxyl groups is 1. The number of hydrazine groups is 1. The maximum atomic E-state index is 13.5. The molecule has 0 aromatic heterocycles. The number of β-amino-alcohol motifs (C(OH)–C–C–N with tert-alkyl or cyclic N) is 1. The van der Waals surface area contributed by atoms with E-state index in [1.165, 1.54) is 5.57 Å². The molecule has 1 aliphatic carbocycles. The summed E-state index contributed by atoms with van der Waals surface area (Å²) in [5.41, 5.74) is 6.23. The first-order valence-corrected chi connectivity index (χ1v) is 14.4. The Morgan fingerprint density at radius 2 is 1.90 bits per heavy atom. The lowest BCUT2D eigenvalue weighted by molar-refractivity contribution is 0.106. The minimum Gasteiger partial charge on any atom is -0.493 e. The number of carbonyl (C=O) groups is 1. The number of amides is 1. The lowest BCUT2D eigenvalue weighted by Crippen LogP contribution is -2.43. The molecule has 4 atom stereocenters. The van der Waals surface area contributed by atoms with E-state index < -0.39 is 12.2 Å².